The number of rotatable bonds is 6. The zero-order chi connectivity index (χ0) is 8.53. The van der Waals surface area contributed by atoms with E-state index in [4.69, 9.17) is 4.74 Å². The van der Waals surface area contributed by atoms with Gasteiger partial charge in [0.25, 0.3) is 0 Å². The maximum atomic E-state index is 10.5. The molecule has 0 aromatic carbocycles. The summed E-state index contributed by atoms with van der Waals surface area (Å²) in [5.74, 6) is -0.240. The smallest absolute Gasteiger partial charge is 0.305 e. The molecule has 65 valence electrons. The van der Waals surface area contributed by atoms with Crippen LogP contribution >= 0.6 is 0 Å². The van der Waals surface area contributed by atoms with Gasteiger partial charge in [-0.1, -0.05) is 6.92 Å². The minimum Gasteiger partial charge on any atom is -0.463 e. The Labute approximate surface area is 66.1 Å². The van der Waals surface area contributed by atoms with E-state index in [1.54, 1.807) is 6.92 Å². The zero-order valence-electron chi connectivity index (χ0n) is 6.67. The van der Waals surface area contributed by atoms with Crippen LogP contribution in [-0.4, -0.2) is 32.4 Å². The van der Waals surface area contributed by atoms with Crippen LogP contribution in [0, 0.1) is 0 Å². The highest BCUT2D eigenvalue weighted by molar-refractivity contribution is 5.68. The summed E-state index contributed by atoms with van der Waals surface area (Å²) in [7, 11) is 0. The summed E-state index contributed by atoms with van der Waals surface area (Å²) < 4.78 is 9.46. The van der Waals surface area contributed by atoms with Crippen LogP contribution in [0.5, 0.6) is 0 Å². The van der Waals surface area contributed by atoms with Gasteiger partial charge in [0.1, 0.15) is 13.2 Å². The fourth-order valence-electron chi connectivity index (χ4n) is 0.477. The lowest BCUT2D eigenvalue weighted by Gasteiger charge is -2.02. The van der Waals surface area contributed by atoms with Crippen LogP contribution in [0.2, 0.25) is 0 Å². The fraction of sp³-hybridized carbons (Fsp3) is 0.857. The third kappa shape index (κ3) is 7.29. The molecule has 0 unspecified atom stereocenters. The van der Waals surface area contributed by atoms with Gasteiger partial charge >= 0.3 is 5.97 Å². The number of esters is 1. The summed E-state index contributed by atoms with van der Waals surface area (Å²) in [6.45, 7) is 2.22. The molecule has 0 heterocycles. The molecule has 0 N–H and O–H groups in total. The SMILES string of the molecule is CCC(=O)OCCOCC[O]. The summed E-state index contributed by atoms with van der Waals surface area (Å²) in [6, 6.07) is 0. The number of ether oxygens (including phenoxy) is 2. The first kappa shape index (κ1) is 10.4. The van der Waals surface area contributed by atoms with Crippen LogP contribution in [-0.2, 0) is 19.4 Å². The van der Waals surface area contributed by atoms with Crippen LogP contribution in [0.1, 0.15) is 13.3 Å². The van der Waals surface area contributed by atoms with Gasteiger partial charge in [-0.3, -0.25) is 4.79 Å². The Kier molecular flexibility index (Phi) is 7.08. The Hall–Kier alpha value is -0.610. The van der Waals surface area contributed by atoms with E-state index >= 15 is 0 Å². The quantitative estimate of drug-likeness (QED) is 0.418. The largest absolute Gasteiger partial charge is 0.463 e. The highest BCUT2D eigenvalue weighted by Crippen LogP contribution is 1.84. The van der Waals surface area contributed by atoms with Gasteiger partial charge in [0.2, 0.25) is 0 Å². The van der Waals surface area contributed by atoms with Crippen molar-refractivity contribution in [2.24, 2.45) is 0 Å². The van der Waals surface area contributed by atoms with Crippen molar-refractivity contribution in [3.63, 3.8) is 0 Å². The Bertz CT molecular complexity index is 103. The third-order valence-electron chi connectivity index (χ3n) is 1.01. The summed E-state index contributed by atoms with van der Waals surface area (Å²) in [5.41, 5.74) is 0. The second-order valence-electron chi connectivity index (χ2n) is 1.89. The molecule has 0 saturated heterocycles. The number of hydrogen-bond acceptors (Lipinski definition) is 3. The molecule has 11 heavy (non-hydrogen) atoms. The predicted octanol–water partition coefficient (Wildman–Crippen LogP) is 0.387. The van der Waals surface area contributed by atoms with Gasteiger partial charge in [-0.15, -0.1) is 0 Å². The molecule has 0 aliphatic rings. The maximum Gasteiger partial charge on any atom is 0.305 e. The van der Waals surface area contributed by atoms with Crippen molar-refractivity contribution in [2.75, 3.05) is 26.4 Å². The molecular weight excluding hydrogens is 148 g/mol. The molecule has 0 aliphatic heterocycles. The number of hydrogen-bond donors (Lipinski definition) is 0. The number of carbonyl (C=O) groups is 1. The van der Waals surface area contributed by atoms with E-state index < -0.39 is 0 Å². The highest BCUT2D eigenvalue weighted by Gasteiger charge is 1.96. The summed E-state index contributed by atoms with van der Waals surface area (Å²) in [4.78, 5) is 10.5. The van der Waals surface area contributed by atoms with E-state index in [0.29, 0.717) is 13.0 Å². The molecule has 0 amide bonds. The molecule has 0 bridgehead atoms. The second kappa shape index (κ2) is 7.50. The molecule has 0 aliphatic carbocycles. The lowest BCUT2D eigenvalue weighted by molar-refractivity contribution is -0.144. The van der Waals surface area contributed by atoms with Crippen molar-refractivity contribution < 1.29 is 19.4 Å². The normalized spacial score (nSPS) is 9.64. The molecule has 1 radical (unpaired) electrons. The number of carbonyl (C=O) groups excluding carboxylic acids is 1. The minimum absolute atomic E-state index is 0.184. The lowest BCUT2D eigenvalue weighted by atomic mass is 10.5. The topological polar surface area (TPSA) is 55.4 Å². The monoisotopic (exact) mass is 161 g/mol. The zero-order valence-corrected chi connectivity index (χ0v) is 6.67. The minimum atomic E-state index is -0.248. The first-order chi connectivity index (χ1) is 5.31. The third-order valence-corrected chi connectivity index (χ3v) is 1.01. The maximum absolute atomic E-state index is 10.5. The Morgan fingerprint density at radius 3 is 2.55 bits per heavy atom. The van der Waals surface area contributed by atoms with Crippen LogP contribution in [0.25, 0.3) is 0 Å². The van der Waals surface area contributed by atoms with Crippen molar-refractivity contribution in [3.05, 3.63) is 0 Å². The van der Waals surface area contributed by atoms with E-state index in [-0.39, 0.29) is 25.8 Å². The van der Waals surface area contributed by atoms with E-state index in [1.165, 1.54) is 0 Å². The summed E-state index contributed by atoms with van der Waals surface area (Å²) in [6.07, 6.45) is 0.377. The first-order valence-corrected chi connectivity index (χ1v) is 3.62. The Morgan fingerprint density at radius 1 is 1.27 bits per heavy atom. The average Bonchev–Trinajstić information content (AvgIpc) is 2.04. The van der Waals surface area contributed by atoms with Gasteiger partial charge in [-0.05, 0) is 0 Å². The molecule has 4 heteroatoms. The van der Waals surface area contributed by atoms with E-state index in [2.05, 4.69) is 4.74 Å². The molecule has 0 aromatic heterocycles. The molecule has 4 nitrogen and oxygen atoms in total. The van der Waals surface area contributed by atoms with Gasteiger partial charge in [-0.2, -0.15) is 0 Å². The fourth-order valence-corrected chi connectivity index (χ4v) is 0.477. The van der Waals surface area contributed by atoms with E-state index in [9.17, 15) is 9.90 Å². The molecular formula is C7H13O4. The second-order valence-corrected chi connectivity index (χ2v) is 1.89. The summed E-state index contributed by atoms with van der Waals surface area (Å²) >= 11 is 0. The van der Waals surface area contributed by atoms with Crippen molar-refractivity contribution in [3.8, 4) is 0 Å². The summed E-state index contributed by atoms with van der Waals surface area (Å²) in [5, 5.41) is 9.85. The van der Waals surface area contributed by atoms with Gasteiger partial charge < -0.3 is 9.47 Å². The van der Waals surface area contributed by atoms with Gasteiger partial charge in [-0.25, -0.2) is 5.11 Å². The highest BCUT2D eigenvalue weighted by atomic mass is 16.6. The Balaban J connectivity index is 2.95. The van der Waals surface area contributed by atoms with Gasteiger partial charge in [0.15, 0.2) is 0 Å². The van der Waals surface area contributed by atoms with Crippen LogP contribution in [0.4, 0.5) is 0 Å². The predicted molar refractivity (Wildman–Crippen MR) is 37.6 cm³/mol. The van der Waals surface area contributed by atoms with E-state index in [0.717, 1.165) is 0 Å². The van der Waals surface area contributed by atoms with Crippen LogP contribution < -0.4 is 0 Å². The van der Waals surface area contributed by atoms with Gasteiger partial charge in [0, 0.05) is 6.42 Å². The van der Waals surface area contributed by atoms with Crippen LogP contribution in [0.3, 0.4) is 0 Å². The first-order valence-electron chi connectivity index (χ1n) is 3.62. The molecule has 0 rings (SSSR count). The van der Waals surface area contributed by atoms with Gasteiger partial charge in [0.05, 0.1) is 13.2 Å². The lowest BCUT2D eigenvalue weighted by Crippen LogP contribution is -2.10. The van der Waals surface area contributed by atoms with Crippen molar-refractivity contribution in [1.29, 1.82) is 0 Å². The molecule has 0 spiro atoms. The molecule has 0 fully saturated rings. The van der Waals surface area contributed by atoms with Crippen molar-refractivity contribution in [2.45, 2.75) is 13.3 Å². The molecule has 0 saturated carbocycles. The van der Waals surface area contributed by atoms with Crippen molar-refractivity contribution in [1.82, 2.24) is 0 Å². The van der Waals surface area contributed by atoms with Crippen LogP contribution in [0.15, 0.2) is 0 Å². The Morgan fingerprint density at radius 2 is 2.00 bits per heavy atom. The average molecular weight is 161 g/mol. The standard InChI is InChI=1S/C7H13O4/c1-2-7(9)11-6-5-10-4-3-8/h2-6H2,1H3. The van der Waals surface area contributed by atoms with Crippen molar-refractivity contribution >= 4 is 5.97 Å². The molecule has 0 atom stereocenters. The van der Waals surface area contributed by atoms with E-state index in [1.807, 2.05) is 0 Å². The molecule has 0 aromatic rings.